The second kappa shape index (κ2) is 13.2. The van der Waals surface area contributed by atoms with E-state index in [2.05, 4.69) is 10.0 Å². The van der Waals surface area contributed by atoms with Crippen LogP contribution >= 0.6 is 0 Å². The van der Waals surface area contributed by atoms with Crippen LogP contribution in [0.15, 0.2) is 65.8 Å². The molecular formula is C26H32N4O7. The second-order valence-electron chi connectivity index (χ2n) is 8.90. The van der Waals surface area contributed by atoms with Gasteiger partial charge < -0.3 is 28.6 Å². The third-order valence-electron chi connectivity index (χ3n) is 5.86. The fraction of sp³-hybridized carbons (Fsp3) is 0.462. The summed E-state index contributed by atoms with van der Waals surface area (Å²) in [4.78, 5) is 30.6. The van der Waals surface area contributed by atoms with Crippen molar-refractivity contribution < 1.29 is 33.3 Å². The van der Waals surface area contributed by atoms with Crippen LogP contribution in [0, 0.1) is 0 Å². The Morgan fingerprint density at radius 2 is 1.81 bits per heavy atom. The Morgan fingerprint density at radius 3 is 2.38 bits per heavy atom. The molecule has 0 N–H and O–H groups in total. The molecule has 1 aliphatic heterocycles. The molecule has 0 unspecified atom stereocenters. The van der Waals surface area contributed by atoms with E-state index in [9.17, 15) is 15.1 Å². The van der Waals surface area contributed by atoms with Crippen LogP contribution in [0.3, 0.4) is 0 Å². The third-order valence-corrected chi connectivity index (χ3v) is 5.86. The summed E-state index contributed by atoms with van der Waals surface area (Å²) in [5.41, 5.74) is 10.4. The highest BCUT2D eigenvalue weighted by Gasteiger charge is 2.43. The summed E-state index contributed by atoms with van der Waals surface area (Å²) in [6, 6.07) is 15.8. The maximum Gasteiger partial charge on any atom is 0.338 e. The van der Waals surface area contributed by atoms with E-state index in [1.54, 1.807) is 51.2 Å². The first-order chi connectivity index (χ1) is 17.8. The summed E-state index contributed by atoms with van der Waals surface area (Å²) in [7, 11) is 3.01. The Labute approximate surface area is 215 Å². The molecule has 0 radical (unpaired) electrons. The number of carbonyl (C=O) groups is 2. The van der Waals surface area contributed by atoms with Gasteiger partial charge in [-0.05, 0) is 37.1 Å². The first-order valence-corrected chi connectivity index (χ1v) is 11.8. The number of esters is 1. The highest BCUT2D eigenvalue weighted by atomic mass is 16.7. The molecular weight excluding hydrogens is 480 g/mol. The Bertz CT molecular complexity index is 1080. The van der Waals surface area contributed by atoms with Crippen LogP contribution in [0.5, 0.6) is 0 Å². The quantitative estimate of drug-likeness (QED) is 0.139. The van der Waals surface area contributed by atoms with Gasteiger partial charge in [-0.2, -0.15) is 0 Å². The molecule has 37 heavy (non-hydrogen) atoms. The zero-order valence-electron chi connectivity index (χ0n) is 21.4. The third kappa shape index (κ3) is 7.51. The molecule has 2 aromatic carbocycles. The molecule has 1 aliphatic rings. The average molecular weight is 513 g/mol. The number of amides is 1. The SMILES string of the molecule is COCO[C@H](COC(=O)c1ccccc1)[C@H](N=[N+]=[N-])C(=O)N(C)[C@H](c1ccccc1)[C@@H]1COC(C)(C)O1. The molecule has 1 saturated heterocycles. The number of likely N-dealkylation sites (N-methyl/N-ethyl adjacent to an activating group) is 1. The zero-order valence-corrected chi connectivity index (χ0v) is 21.4. The van der Waals surface area contributed by atoms with E-state index in [1.807, 2.05) is 30.3 Å². The molecule has 0 aliphatic carbocycles. The summed E-state index contributed by atoms with van der Waals surface area (Å²) < 4.78 is 27.9. The summed E-state index contributed by atoms with van der Waals surface area (Å²) in [5.74, 6) is -1.97. The predicted molar refractivity (Wildman–Crippen MR) is 133 cm³/mol. The number of rotatable bonds is 12. The summed E-state index contributed by atoms with van der Waals surface area (Å²) in [6.07, 6.45) is -1.58. The Morgan fingerprint density at radius 1 is 1.16 bits per heavy atom. The van der Waals surface area contributed by atoms with Gasteiger partial charge in [-0.15, -0.1) is 0 Å². The highest BCUT2D eigenvalue weighted by molar-refractivity contribution is 5.89. The van der Waals surface area contributed by atoms with Crippen LogP contribution in [-0.2, 0) is 28.5 Å². The molecule has 0 bridgehead atoms. The van der Waals surface area contributed by atoms with Crippen LogP contribution in [0.1, 0.15) is 35.8 Å². The highest BCUT2D eigenvalue weighted by Crippen LogP contribution is 2.34. The van der Waals surface area contributed by atoms with Crippen molar-refractivity contribution in [2.45, 2.75) is 43.9 Å². The molecule has 11 heteroatoms. The molecule has 0 spiro atoms. The predicted octanol–water partition coefficient (Wildman–Crippen LogP) is 3.86. The first-order valence-electron chi connectivity index (χ1n) is 11.8. The van der Waals surface area contributed by atoms with Gasteiger partial charge in [0.05, 0.1) is 18.2 Å². The fourth-order valence-electron chi connectivity index (χ4n) is 4.09. The lowest BCUT2D eigenvalue weighted by Gasteiger charge is -2.35. The van der Waals surface area contributed by atoms with Gasteiger partial charge in [-0.25, -0.2) is 4.79 Å². The molecule has 198 valence electrons. The van der Waals surface area contributed by atoms with Crippen molar-refractivity contribution >= 4 is 11.9 Å². The van der Waals surface area contributed by atoms with Gasteiger partial charge in [0, 0.05) is 19.1 Å². The van der Waals surface area contributed by atoms with Crippen molar-refractivity contribution in [3.8, 4) is 0 Å². The van der Waals surface area contributed by atoms with Crippen LogP contribution in [0.25, 0.3) is 10.4 Å². The van der Waals surface area contributed by atoms with E-state index in [1.165, 1.54) is 12.0 Å². The molecule has 3 rings (SSSR count). The standard InChI is InChI=1S/C26H32N4O7/c1-26(2)36-16-21(37-26)23(18-11-7-5-8-12-18)30(3)24(31)22(28-29-27)20(35-17-33-4)15-34-25(32)19-13-9-6-10-14-19/h5-14,20-23H,15-17H2,1-4H3/t20-,21+,22+,23-/m1/s1. The molecule has 0 aromatic heterocycles. The average Bonchev–Trinajstić information content (AvgIpc) is 3.27. The summed E-state index contributed by atoms with van der Waals surface area (Å²) >= 11 is 0. The number of nitrogens with zero attached hydrogens (tertiary/aromatic N) is 4. The number of hydrogen-bond donors (Lipinski definition) is 0. The molecule has 1 heterocycles. The van der Waals surface area contributed by atoms with E-state index >= 15 is 0 Å². The molecule has 1 fully saturated rings. The maximum atomic E-state index is 13.8. The number of methoxy groups -OCH3 is 1. The number of carbonyl (C=O) groups excluding carboxylic acids is 2. The van der Waals surface area contributed by atoms with Crippen molar-refractivity contribution in [1.29, 1.82) is 0 Å². The molecule has 4 atom stereocenters. The molecule has 11 nitrogen and oxygen atoms in total. The normalized spacial score (nSPS) is 18.8. The van der Waals surface area contributed by atoms with Gasteiger partial charge in [0.25, 0.3) is 0 Å². The van der Waals surface area contributed by atoms with E-state index in [-0.39, 0.29) is 20.0 Å². The minimum atomic E-state index is -1.35. The monoisotopic (exact) mass is 512 g/mol. The number of azide groups is 1. The number of ether oxygens (including phenoxy) is 5. The van der Waals surface area contributed by atoms with E-state index < -0.39 is 42.0 Å². The lowest BCUT2D eigenvalue weighted by atomic mass is 9.99. The summed E-state index contributed by atoms with van der Waals surface area (Å²) in [5, 5.41) is 3.73. The van der Waals surface area contributed by atoms with E-state index in [0.717, 1.165) is 5.56 Å². The van der Waals surface area contributed by atoms with Gasteiger partial charge in [-0.1, -0.05) is 53.6 Å². The summed E-state index contributed by atoms with van der Waals surface area (Å²) in [6.45, 7) is 3.31. The van der Waals surface area contributed by atoms with Gasteiger partial charge in [0.1, 0.15) is 31.6 Å². The minimum absolute atomic E-state index is 0.210. The maximum absolute atomic E-state index is 13.8. The van der Waals surface area contributed by atoms with Crippen LogP contribution in [0.2, 0.25) is 0 Å². The van der Waals surface area contributed by atoms with Crippen LogP contribution < -0.4 is 0 Å². The minimum Gasteiger partial charge on any atom is -0.459 e. The van der Waals surface area contributed by atoms with Crippen LogP contribution in [-0.4, -0.2) is 75.0 Å². The van der Waals surface area contributed by atoms with Crippen molar-refractivity contribution in [3.63, 3.8) is 0 Å². The molecule has 1 amide bonds. The van der Waals surface area contributed by atoms with E-state index in [0.29, 0.717) is 5.56 Å². The first kappa shape index (κ1) is 28.1. The molecule has 2 aromatic rings. The number of hydrogen-bond acceptors (Lipinski definition) is 8. The Hall–Kier alpha value is -3.47. The molecule has 0 saturated carbocycles. The lowest BCUT2D eigenvalue weighted by molar-refractivity contribution is -0.157. The van der Waals surface area contributed by atoms with Gasteiger partial charge in [0.2, 0.25) is 5.91 Å². The van der Waals surface area contributed by atoms with Crippen molar-refractivity contribution in [3.05, 3.63) is 82.2 Å². The van der Waals surface area contributed by atoms with Crippen molar-refractivity contribution in [2.75, 3.05) is 34.2 Å². The Kier molecular flexibility index (Phi) is 10.0. The Balaban J connectivity index is 1.85. The largest absolute Gasteiger partial charge is 0.459 e. The smallest absolute Gasteiger partial charge is 0.338 e. The number of benzene rings is 2. The topological polar surface area (TPSA) is 132 Å². The van der Waals surface area contributed by atoms with Crippen molar-refractivity contribution in [2.24, 2.45) is 5.11 Å². The van der Waals surface area contributed by atoms with Crippen molar-refractivity contribution in [1.82, 2.24) is 4.90 Å². The van der Waals surface area contributed by atoms with Gasteiger partial charge >= 0.3 is 5.97 Å². The van der Waals surface area contributed by atoms with E-state index in [4.69, 9.17) is 23.7 Å². The van der Waals surface area contributed by atoms with Crippen LogP contribution in [0.4, 0.5) is 0 Å². The second-order valence-corrected chi connectivity index (χ2v) is 8.90. The lowest BCUT2D eigenvalue weighted by Crippen LogP contribution is -2.49. The van der Waals surface area contributed by atoms with Gasteiger partial charge in [0.15, 0.2) is 5.79 Å². The fourth-order valence-corrected chi connectivity index (χ4v) is 4.09. The zero-order chi connectivity index (χ0) is 26.8. The van der Waals surface area contributed by atoms with Gasteiger partial charge in [-0.3, -0.25) is 4.79 Å².